The van der Waals surface area contributed by atoms with Gasteiger partial charge in [-0.3, -0.25) is 4.79 Å². The number of benzene rings is 2. The van der Waals surface area contributed by atoms with Gasteiger partial charge in [-0.25, -0.2) is 0 Å². The molecule has 0 saturated carbocycles. The molecule has 0 aromatic heterocycles. The third kappa shape index (κ3) is 4.77. The number of carbonyl (C=O) groups excluding carboxylic acids is 1. The quantitative estimate of drug-likeness (QED) is 0.606. The second-order valence-electron chi connectivity index (χ2n) is 8.63. The third-order valence-corrected chi connectivity index (χ3v) is 6.70. The van der Waals surface area contributed by atoms with Gasteiger partial charge in [0.05, 0.1) is 24.7 Å². The van der Waals surface area contributed by atoms with Gasteiger partial charge in [0.1, 0.15) is 12.6 Å². The summed E-state index contributed by atoms with van der Waals surface area (Å²) in [5.74, 6) is 0.375. The molecule has 1 unspecified atom stereocenters. The molecule has 1 aliphatic heterocycles. The molecule has 0 N–H and O–H groups in total. The van der Waals surface area contributed by atoms with Crippen molar-refractivity contribution in [3.05, 3.63) is 70.3 Å². The Balaban J connectivity index is 1.88. The fraction of sp³-hybridized carbons (Fsp3) is 0.462. The number of piperidine rings is 1. The first kappa shape index (κ1) is 21.3. The van der Waals surface area contributed by atoms with E-state index >= 15 is 0 Å². The molecule has 0 spiro atoms. The van der Waals surface area contributed by atoms with Crippen molar-refractivity contribution in [2.45, 2.75) is 65.5 Å². The van der Waals surface area contributed by atoms with Gasteiger partial charge in [0.2, 0.25) is 0 Å². The standard InChI is InChI=1S/C26H33N2O/c1-4-25(26(29)17-24-20(2)9-8-10-21(24)3)28(15-6-5-7-16-28)19-23-13-11-22(18-27)12-14-23/h8-14,25H,4-7,15-17,19H2,1-3H3/q+1. The van der Waals surface area contributed by atoms with Crippen LogP contribution in [0.2, 0.25) is 0 Å². The minimum absolute atomic E-state index is 0.0324. The molecule has 1 atom stereocenters. The smallest absolute Gasteiger partial charge is 0.194 e. The van der Waals surface area contributed by atoms with Gasteiger partial charge in [0, 0.05) is 18.4 Å². The van der Waals surface area contributed by atoms with Crippen molar-refractivity contribution in [1.29, 1.82) is 5.26 Å². The Bertz CT molecular complexity index is 866. The first-order valence-electron chi connectivity index (χ1n) is 10.9. The van der Waals surface area contributed by atoms with E-state index in [0.717, 1.165) is 30.5 Å². The number of hydrogen-bond acceptors (Lipinski definition) is 2. The van der Waals surface area contributed by atoms with Crippen molar-refractivity contribution in [2.75, 3.05) is 13.1 Å². The monoisotopic (exact) mass is 389 g/mol. The molecule has 0 radical (unpaired) electrons. The zero-order chi connectivity index (χ0) is 20.9. The van der Waals surface area contributed by atoms with Crippen molar-refractivity contribution in [1.82, 2.24) is 0 Å². The normalized spacial score (nSPS) is 16.8. The number of quaternary nitrogens is 1. The average molecular weight is 390 g/mol. The van der Waals surface area contributed by atoms with Crippen LogP contribution >= 0.6 is 0 Å². The van der Waals surface area contributed by atoms with Crippen LogP contribution in [0.3, 0.4) is 0 Å². The van der Waals surface area contributed by atoms with Crippen molar-refractivity contribution < 1.29 is 9.28 Å². The second kappa shape index (κ2) is 9.37. The molecule has 0 amide bonds. The van der Waals surface area contributed by atoms with Gasteiger partial charge in [-0.1, -0.05) is 37.3 Å². The summed E-state index contributed by atoms with van der Waals surface area (Å²) >= 11 is 0. The molecular formula is C26H33N2O+. The Hall–Kier alpha value is -2.44. The molecule has 2 aromatic rings. The summed E-state index contributed by atoms with van der Waals surface area (Å²) in [6, 6.07) is 16.4. The number of likely N-dealkylation sites (tertiary alicyclic amines) is 1. The fourth-order valence-corrected chi connectivity index (χ4v) is 5.11. The molecule has 3 rings (SSSR count). The highest BCUT2D eigenvalue weighted by Crippen LogP contribution is 2.30. The van der Waals surface area contributed by atoms with E-state index in [4.69, 9.17) is 5.26 Å². The zero-order valence-corrected chi connectivity index (χ0v) is 18.1. The van der Waals surface area contributed by atoms with Crippen LogP contribution in [-0.4, -0.2) is 29.4 Å². The van der Waals surface area contributed by atoms with Gasteiger partial charge in [-0.2, -0.15) is 5.26 Å². The maximum Gasteiger partial charge on any atom is 0.194 e. The van der Waals surface area contributed by atoms with Crippen LogP contribution in [0.1, 0.15) is 60.4 Å². The molecule has 3 heteroatoms. The van der Waals surface area contributed by atoms with Crippen molar-refractivity contribution in [3.63, 3.8) is 0 Å². The molecular weight excluding hydrogens is 356 g/mol. The SMILES string of the molecule is CCC(C(=O)Cc1c(C)cccc1C)[N+]1(Cc2ccc(C#N)cc2)CCCCC1. The summed E-state index contributed by atoms with van der Waals surface area (Å²) in [5.41, 5.74) is 5.54. The summed E-state index contributed by atoms with van der Waals surface area (Å²) in [6.07, 6.45) is 5.03. The van der Waals surface area contributed by atoms with E-state index in [2.05, 4.69) is 57.2 Å². The van der Waals surface area contributed by atoms with Gasteiger partial charge in [0.25, 0.3) is 0 Å². The first-order chi connectivity index (χ1) is 14.0. The van der Waals surface area contributed by atoms with Gasteiger partial charge in [-0.05, 0) is 61.9 Å². The number of aryl methyl sites for hydroxylation is 2. The van der Waals surface area contributed by atoms with Crippen molar-refractivity contribution in [2.24, 2.45) is 0 Å². The van der Waals surface area contributed by atoms with Crippen LogP contribution < -0.4 is 0 Å². The number of hydrogen-bond donors (Lipinski definition) is 0. The summed E-state index contributed by atoms with van der Waals surface area (Å²) < 4.78 is 0.867. The van der Waals surface area contributed by atoms with E-state index in [1.807, 2.05) is 12.1 Å². The molecule has 1 aliphatic rings. The molecule has 1 heterocycles. The maximum atomic E-state index is 13.6. The number of nitrogens with zero attached hydrogens (tertiary/aromatic N) is 2. The Morgan fingerprint density at radius 1 is 1.03 bits per heavy atom. The van der Waals surface area contributed by atoms with E-state index in [9.17, 15) is 4.79 Å². The molecule has 29 heavy (non-hydrogen) atoms. The number of ketones is 1. The minimum atomic E-state index is 0.0324. The van der Waals surface area contributed by atoms with Crippen molar-refractivity contribution in [3.8, 4) is 6.07 Å². The minimum Gasteiger partial charge on any atom is -0.311 e. The lowest BCUT2D eigenvalue weighted by molar-refractivity contribution is -0.959. The van der Waals surface area contributed by atoms with Gasteiger partial charge < -0.3 is 4.48 Å². The molecule has 0 bridgehead atoms. The van der Waals surface area contributed by atoms with E-state index in [1.165, 1.54) is 41.5 Å². The van der Waals surface area contributed by atoms with Crippen LogP contribution in [0.25, 0.3) is 0 Å². The largest absolute Gasteiger partial charge is 0.311 e. The second-order valence-corrected chi connectivity index (χ2v) is 8.63. The molecule has 3 nitrogen and oxygen atoms in total. The van der Waals surface area contributed by atoms with Crippen molar-refractivity contribution >= 4 is 5.78 Å². The molecule has 1 saturated heterocycles. The van der Waals surface area contributed by atoms with E-state index in [1.54, 1.807) is 0 Å². The van der Waals surface area contributed by atoms with Crippen LogP contribution in [0.15, 0.2) is 42.5 Å². The summed E-state index contributed by atoms with van der Waals surface area (Å²) in [4.78, 5) is 13.6. The van der Waals surface area contributed by atoms with Crippen LogP contribution in [0.5, 0.6) is 0 Å². The highest BCUT2D eigenvalue weighted by atomic mass is 16.1. The maximum absolute atomic E-state index is 13.6. The molecule has 2 aromatic carbocycles. The summed E-state index contributed by atoms with van der Waals surface area (Å²) in [5, 5.41) is 9.09. The topological polar surface area (TPSA) is 40.9 Å². The van der Waals surface area contributed by atoms with Gasteiger partial charge >= 0.3 is 0 Å². The van der Waals surface area contributed by atoms with Crippen LogP contribution in [0.4, 0.5) is 0 Å². The van der Waals surface area contributed by atoms with E-state index < -0.39 is 0 Å². The van der Waals surface area contributed by atoms with E-state index in [0.29, 0.717) is 17.8 Å². The third-order valence-electron chi connectivity index (χ3n) is 6.70. The lowest BCUT2D eigenvalue weighted by Crippen LogP contribution is -2.60. The van der Waals surface area contributed by atoms with E-state index in [-0.39, 0.29) is 6.04 Å². The summed E-state index contributed by atoms with van der Waals surface area (Å²) in [6.45, 7) is 9.40. The highest BCUT2D eigenvalue weighted by Gasteiger charge is 2.41. The van der Waals surface area contributed by atoms with Gasteiger partial charge in [-0.15, -0.1) is 0 Å². The number of rotatable bonds is 7. The summed E-state index contributed by atoms with van der Waals surface area (Å²) in [7, 11) is 0. The molecule has 152 valence electrons. The number of Topliss-reactive ketones (excluding diaryl/α,β-unsaturated/α-hetero) is 1. The zero-order valence-electron chi connectivity index (χ0n) is 18.1. The Labute approximate surface area is 175 Å². The molecule has 1 fully saturated rings. The Morgan fingerprint density at radius 2 is 1.66 bits per heavy atom. The lowest BCUT2D eigenvalue weighted by Gasteiger charge is -2.46. The number of carbonyl (C=O) groups is 1. The first-order valence-corrected chi connectivity index (χ1v) is 10.9. The van der Waals surface area contributed by atoms with Crippen LogP contribution in [-0.2, 0) is 17.8 Å². The number of nitriles is 1. The fourth-order valence-electron chi connectivity index (χ4n) is 5.11. The molecule has 0 aliphatic carbocycles. The Morgan fingerprint density at radius 3 is 2.21 bits per heavy atom. The predicted octanol–water partition coefficient (Wildman–Crippen LogP) is 5.27. The van der Waals surface area contributed by atoms with Gasteiger partial charge in [0.15, 0.2) is 5.78 Å². The lowest BCUT2D eigenvalue weighted by atomic mass is 9.91. The predicted molar refractivity (Wildman–Crippen MR) is 117 cm³/mol. The average Bonchev–Trinajstić information content (AvgIpc) is 2.72. The van der Waals surface area contributed by atoms with Crippen LogP contribution in [0, 0.1) is 25.2 Å². The highest BCUT2D eigenvalue weighted by molar-refractivity contribution is 5.85. The Kier molecular flexibility index (Phi) is 6.87.